The van der Waals surface area contributed by atoms with Gasteiger partial charge in [0.25, 0.3) is 5.91 Å². The molecule has 1 aromatic carbocycles. The molecule has 1 saturated heterocycles. The zero-order valence-corrected chi connectivity index (χ0v) is 14.1. The van der Waals surface area contributed by atoms with Gasteiger partial charge in [0.2, 0.25) is 0 Å². The van der Waals surface area contributed by atoms with Crippen LogP contribution in [0, 0.1) is 0 Å². The second-order valence-electron chi connectivity index (χ2n) is 4.53. The van der Waals surface area contributed by atoms with Gasteiger partial charge in [-0.25, -0.2) is 0 Å². The second-order valence-corrected chi connectivity index (χ2v) is 6.20. The number of halogens is 3. The van der Waals surface area contributed by atoms with E-state index in [1.807, 2.05) is 0 Å². The Bertz CT molecular complexity index is 507. The Hall–Kier alpha value is -0.490. The number of carbonyl (C=O) groups is 1. The quantitative estimate of drug-likeness (QED) is 0.818. The van der Waals surface area contributed by atoms with Crippen molar-refractivity contribution in [2.45, 2.75) is 13.0 Å². The number of nitrogens with one attached hydrogen (secondary N) is 1. The summed E-state index contributed by atoms with van der Waals surface area (Å²) in [4.78, 5) is 14.0. The fourth-order valence-electron chi connectivity index (χ4n) is 1.98. The van der Waals surface area contributed by atoms with Crippen molar-refractivity contribution < 1.29 is 9.53 Å². The number of hydrogen-bond donors (Lipinski definition) is 1. The van der Waals surface area contributed by atoms with Crippen LogP contribution in [0.15, 0.2) is 16.6 Å². The van der Waals surface area contributed by atoms with Gasteiger partial charge in [-0.05, 0) is 28.9 Å². The molecular formula is C13H15BrCl2N2O2. The van der Waals surface area contributed by atoms with Crippen molar-refractivity contribution in [3.8, 4) is 5.75 Å². The maximum atomic E-state index is 12.3. The molecular weight excluding hydrogens is 367 g/mol. The van der Waals surface area contributed by atoms with Gasteiger partial charge in [-0.3, -0.25) is 4.79 Å². The van der Waals surface area contributed by atoms with Crippen molar-refractivity contribution in [2.75, 3.05) is 26.2 Å². The van der Waals surface area contributed by atoms with Crippen LogP contribution >= 0.6 is 39.1 Å². The smallest absolute Gasteiger partial charge is 0.263 e. The Morgan fingerprint density at radius 3 is 2.65 bits per heavy atom. The lowest BCUT2D eigenvalue weighted by molar-refractivity contribution is -0.138. The molecule has 7 heteroatoms. The van der Waals surface area contributed by atoms with Crippen LogP contribution in [-0.2, 0) is 4.79 Å². The molecule has 1 heterocycles. The molecule has 1 atom stereocenters. The monoisotopic (exact) mass is 380 g/mol. The summed E-state index contributed by atoms with van der Waals surface area (Å²) in [5.74, 6) is 0.373. The molecule has 0 bridgehead atoms. The molecule has 0 aliphatic carbocycles. The summed E-state index contributed by atoms with van der Waals surface area (Å²) in [6, 6.07) is 3.26. The van der Waals surface area contributed by atoms with Crippen LogP contribution in [0.2, 0.25) is 10.0 Å². The highest BCUT2D eigenvalue weighted by atomic mass is 79.9. The van der Waals surface area contributed by atoms with Crippen molar-refractivity contribution in [3.05, 3.63) is 26.7 Å². The van der Waals surface area contributed by atoms with Crippen molar-refractivity contribution in [1.29, 1.82) is 0 Å². The summed E-state index contributed by atoms with van der Waals surface area (Å²) in [6.45, 7) is 4.73. The van der Waals surface area contributed by atoms with E-state index >= 15 is 0 Å². The fraction of sp³-hybridized carbons (Fsp3) is 0.462. The van der Waals surface area contributed by atoms with E-state index in [0.29, 0.717) is 33.4 Å². The van der Waals surface area contributed by atoms with Crippen LogP contribution in [0.25, 0.3) is 0 Å². The highest BCUT2D eigenvalue weighted by molar-refractivity contribution is 9.10. The van der Waals surface area contributed by atoms with E-state index in [9.17, 15) is 4.79 Å². The number of nitrogens with zero attached hydrogens (tertiary/aromatic N) is 1. The minimum atomic E-state index is -0.595. The van der Waals surface area contributed by atoms with Crippen LogP contribution in [-0.4, -0.2) is 43.1 Å². The van der Waals surface area contributed by atoms with Crippen LogP contribution in [0.4, 0.5) is 0 Å². The minimum Gasteiger partial charge on any atom is -0.479 e. The second kappa shape index (κ2) is 6.98. The summed E-state index contributed by atoms with van der Waals surface area (Å²) < 4.78 is 6.34. The number of ether oxygens (including phenoxy) is 1. The average molecular weight is 382 g/mol. The van der Waals surface area contributed by atoms with Crippen LogP contribution in [0.3, 0.4) is 0 Å². The zero-order valence-electron chi connectivity index (χ0n) is 11.0. The molecule has 2 rings (SSSR count). The highest BCUT2D eigenvalue weighted by Gasteiger charge is 2.24. The number of hydrogen-bond acceptors (Lipinski definition) is 3. The first-order valence-electron chi connectivity index (χ1n) is 6.29. The Labute approximate surface area is 136 Å². The number of piperazine rings is 1. The summed E-state index contributed by atoms with van der Waals surface area (Å²) in [5, 5.41) is 4.11. The van der Waals surface area contributed by atoms with Crippen molar-refractivity contribution in [2.24, 2.45) is 0 Å². The summed E-state index contributed by atoms with van der Waals surface area (Å²) in [7, 11) is 0. The maximum absolute atomic E-state index is 12.3. The molecule has 1 aromatic rings. The van der Waals surface area contributed by atoms with E-state index in [-0.39, 0.29) is 5.91 Å². The third kappa shape index (κ3) is 3.79. The number of amides is 1. The Kier molecular flexibility index (Phi) is 5.55. The predicted octanol–water partition coefficient (Wildman–Crippen LogP) is 2.96. The van der Waals surface area contributed by atoms with Gasteiger partial charge in [0.05, 0.1) is 10.0 Å². The van der Waals surface area contributed by atoms with Crippen molar-refractivity contribution >= 4 is 45.0 Å². The predicted molar refractivity (Wildman–Crippen MR) is 83.7 cm³/mol. The van der Waals surface area contributed by atoms with Gasteiger partial charge in [-0.15, -0.1) is 0 Å². The summed E-state index contributed by atoms with van der Waals surface area (Å²) >= 11 is 15.4. The van der Waals surface area contributed by atoms with Gasteiger partial charge in [0.15, 0.2) is 6.10 Å². The molecule has 0 radical (unpaired) electrons. The number of rotatable bonds is 3. The van der Waals surface area contributed by atoms with E-state index in [4.69, 9.17) is 27.9 Å². The van der Waals surface area contributed by atoms with E-state index in [2.05, 4.69) is 21.2 Å². The molecule has 0 spiro atoms. The summed E-state index contributed by atoms with van der Waals surface area (Å²) in [6.07, 6.45) is -0.595. The van der Waals surface area contributed by atoms with Gasteiger partial charge >= 0.3 is 0 Å². The molecule has 1 N–H and O–H groups in total. The van der Waals surface area contributed by atoms with Gasteiger partial charge in [-0.1, -0.05) is 23.2 Å². The third-order valence-electron chi connectivity index (χ3n) is 3.05. The molecule has 1 fully saturated rings. The number of carbonyl (C=O) groups excluding carboxylic acids is 1. The lowest BCUT2D eigenvalue weighted by Gasteiger charge is -2.29. The molecule has 1 unspecified atom stereocenters. The first kappa shape index (κ1) is 15.9. The first-order chi connectivity index (χ1) is 9.49. The number of benzene rings is 1. The zero-order chi connectivity index (χ0) is 14.7. The molecule has 0 aromatic heterocycles. The molecule has 1 aliphatic rings. The molecule has 1 aliphatic heterocycles. The van der Waals surface area contributed by atoms with Crippen molar-refractivity contribution in [1.82, 2.24) is 10.2 Å². The molecule has 1 amide bonds. The van der Waals surface area contributed by atoms with E-state index in [1.54, 1.807) is 24.0 Å². The first-order valence-corrected chi connectivity index (χ1v) is 7.84. The van der Waals surface area contributed by atoms with Gasteiger partial charge < -0.3 is 15.0 Å². The van der Waals surface area contributed by atoms with E-state index in [0.717, 1.165) is 13.1 Å². The van der Waals surface area contributed by atoms with Crippen LogP contribution in [0.1, 0.15) is 6.92 Å². The lowest BCUT2D eigenvalue weighted by Crippen LogP contribution is -2.50. The Morgan fingerprint density at radius 2 is 2.00 bits per heavy atom. The average Bonchev–Trinajstić information content (AvgIpc) is 2.44. The molecule has 4 nitrogen and oxygen atoms in total. The van der Waals surface area contributed by atoms with Crippen molar-refractivity contribution in [3.63, 3.8) is 0 Å². The third-order valence-corrected chi connectivity index (χ3v) is 4.55. The maximum Gasteiger partial charge on any atom is 0.263 e. The Balaban J connectivity index is 2.05. The Morgan fingerprint density at radius 1 is 1.35 bits per heavy atom. The topological polar surface area (TPSA) is 41.6 Å². The van der Waals surface area contributed by atoms with Gasteiger partial charge in [0.1, 0.15) is 5.75 Å². The highest BCUT2D eigenvalue weighted by Crippen LogP contribution is 2.34. The van der Waals surface area contributed by atoms with Gasteiger partial charge in [-0.2, -0.15) is 0 Å². The minimum absolute atomic E-state index is 0.0402. The SMILES string of the molecule is CC(Oc1cc(Cl)c(Br)cc1Cl)C(=O)N1CCNCC1. The van der Waals surface area contributed by atoms with Gasteiger partial charge in [0, 0.05) is 36.7 Å². The lowest BCUT2D eigenvalue weighted by atomic mass is 10.2. The standard InChI is InChI=1S/C13H15BrCl2N2O2/c1-8(13(19)18-4-2-17-3-5-18)20-12-7-10(15)9(14)6-11(12)16/h6-8,17H,2-5H2,1H3. The normalized spacial score (nSPS) is 16.9. The molecule has 110 valence electrons. The van der Waals surface area contributed by atoms with Crippen LogP contribution < -0.4 is 10.1 Å². The fourth-order valence-corrected chi connectivity index (χ4v) is 2.81. The van der Waals surface area contributed by atoms with E-state index < -0.39 is 6.10 Å². The largest absolute Gasteiger partial charge is 0.479 e. The molecule has 20 heavy (non-hydrogen) atoms. The summed E-state index contributed by atoms with van der Waals surface area (Å²) in [5.41, 5.74) is 0. The van der Waals surface area contributed by atoms with Crippen LogP contribution in [0.5, 0.6) is 5.75 Å². The molecule has 0 saturated carbocycles. The van der Waals surface area contributed by atoms with E-state index in [1.165, 1.54) is 0 Å².